The minimum Gasteiger partial charge on any atom is -0.497 e. The lowest BCUT2D eigenvalue weighted by Crippen LogP contribution is -2.41. The third-order valence-corrected chi connectivity index (χ3v) is 5.13. The van der Waals surface area contributed by atoms with Gasteiger partial charge < -0.3 is 19.9 Å². The Labute approximate surface area is 158 Å². The van der Waals surface area contributed by atoms with E-state index in [2.05, 4.69) is 10.2 Å². The predicted molar refractivity (Wildman–Crippen MR) is 104 cm³/mol. The third-order valence-electron chi connectivity index (χ3n) is 3.92. The second kappa shape index (κ2) is 9.08. The molecule has 2 aromatic rings. The average Bonchev–Trinajstić information content (AvgIpc) is 2.99. The molecule has 136 valence electrons. The van der Waals surface area contributed by atoms with Gasteiger partial charge in [0.1, 0.15) is 5.75 Å². The number of carbonyl (C=O) groups is 1. The molecule has 0 bridgehead atoms. The summed E-state index contributed by atoms with van der Waals surface area (Å²) < 4.78 is 6.02. The Hall–Kier alpha value is -1.76. The van der Waals surface area contributed by atoms with E-state index in [0.717, 1.165) is 20.5 Å². The largest absolute Gasteiger partial charge is 0.497 e. The third kappa shape index (κ3) is 5.63. The summed E-state index contributed by atoms with van der Waals surface area (Å²) in [6, 6.07) is 11.6. The highest BCUT2D eigenvalue weighted by molar-refractivity contribution is 7.16. The van der Waals surface area contributed by atoms with E-state index in [-0.39, 0.29) is 12.1 Å². The quantitative estimate of drug-likeness (QED) is 0.792. The van der Waals surface area contributed by atoms with Gasteiger partial charge in [0.05, 0.1) is 24.0 Å². The number of hydrogen-bond donors (Lipinski definition) is 1. The van der Waals surface area contributed by atoms with Gasteiger partial charge in [-0.3, -0.25) is 0 Å². The van der Waals surface area contributed by atoms with E-state index >= 15 is 0 Å². The van der Waals surface area contributed by atoms with Crippen LogP contribution in [0.15, 0.2) is 36.4 Å². The molecule has 0 aliphatic heterocycles. The van der Waals surface area contributed by atoms with Crippen molar-refractivity contribution in [1.82, 2.24) is 15.1 Å². The molecule has 5 nitrogen and oxygen atoms in total. The Bertz CT molecular complexity index is 705. The number of ether oxygens (including phenoxy) is 1. The maximum atomic E-state index is 12.4. The first kappa shape index (κ1) is 19.6. The van der Waals surface area contributed by atoms with E-state index in [1.807, 2.05) is 50.5 Å². The maximum absolute atomic E-state index is 12.4. The van der Waals surface area contributed by atoms with Gasteiger partial charge in [0.2, 0.25) is 0 Å². The molecule has 1 N–H and O–H groups in total. The fraction of sp³-hybridized carbons (Fsp3) is 0.389. The zero-order chi connectivity index (χ0) is 18.4. The van der Waals surface area contributed by atoms with Gasteiger partial charge >= 0.3 is 6.03 Å². The number of carbonyl (C=O) groups excluding carboxylic acids is 1. The second-order valence-electron chi connectivity index (χ2n) is 6.00. The van der Waals surface area contributed by atoms with Gasteiger partial charge in [-0.2, -0.15) is 0 Å². The number of likely N-dealkylation sites (N-methyl/N-ethyl adjacent to an activating group) is 1. The fourth-order valence-corrected chi connectivity index (χ4v) is 3.65. The minimum absolute atomic E-state index is 0.0589. The molecule has 2 amide bonds. The average molecular weight is 382 g/mol. The number of thiophene rings is 1. The van der Waals surface area contributed by atoms with E-state index in [9.17, 15) is 4.79 Å². The van der Waals surface area contributed by atoms with Gasteiger partial charge in [-0.15, -0.1) is 11.3 Å². The van der Waals surface area contributed by atoms with Crippen molar-refractivity contribution in [1.29, 1.82) is 0 Å². The van der Waals surface area contributed by atoms with E-state index < -0.39 is 0 Å². The Morgan fingerprint density at radius 1 is 1.28 bits per heavy atom. The lowest BCUT2D eigenvalue weighted by molar-refractivity contribution is 0.201. The van der Waals surface area contributed by atoms with Crippen molar-refractivity contribution >= 4 is 29.0 Å². The molecule has 0 fully saturated rings. The molecule has 0 saturated carbocycles. The number of urea groups is 1. The highest BCUT2D eigenvalue weighted by Gasteiger charge is 2.17. The lowest BCUT2D eigenvalue weighted by Gasteiger charge is -2.26. The van der Waals surface area contributed by atoms with Gasteiger partial charge in [0, 0.05) is 18.5 Å². The number of nitrogens with one attached hydrogen (secondary N) is 1. The molecule has 0 spiro atoms. The van der Waals surface area contributed by atoms with Crippen LogP contribution in [-0.4, -0.2) is 50.6 Å². The molecule has 2 rings (SSSR count). The molecule has 25 heavy (non-hydrogen) atoms. The van der Waals surface area contributed by atoms with Crippen molar-refractivity contribution in [3.05, 3.63) is 51.2 Å². The van der Waals surface area contributed by atoms with Crippen LogP contribution in [0, 0.1) is 0 Å². The van der Waals surface area contributed by atoms with Crippen molar-refractivity contribution in [2.45, 2.75) is 12.6 Å². The van der Waals surface area contributed by atoms with Crippen LogP contribution < -0.4 is 10.1 Å². The highest BCUT2D eigenvalue weighted by atomic mass is 35.5. The SMILES string of the molecule is COc1cccc(C(CNC(=O)N(C)Cc2ccc(Cl)s2)N(C)C)c1. The molecule has 7 heteroatoms. The van der Waals surface area contributed by atoms with Crippen molar-refractivity contribution in [2.75, 3.05) is 34.8 Å². The minimum atomic E-state index is -0.112. The molecule has 0 aliphatic rings. The van der Waals surface area contributed by atoms with Crippen LogP contribution in [0.4, 0.5) is 4.79 Å². The first-order valence-corrected chi connectivity index (χ1v) is 9.13. The standard InChI is InChI=1S/C18H24ClN3O2S/c1-21(2)16(13-6-5-7-14(10-13)24-4)11-20-18(23)22(3)12-15-8-9-17(19)25-15/h5-10,16H,11-12H2,1-4H3,(H,20,23). The van der Waals surface area contributed by atoms with E-state index in [4.69, 9.17) is 16.3 Å². The molecule has 0 saturated heterocycles. The van der Waals surface area contributed by atoms with Crippen LogP contribution in [0.5, 0.6) is 5.75 Å². The number of nitrogens with zero attached hydrogens (tertiary/aromatic N) is 2. The van der Waals surface area contributed by atoms with Crippen LogP contribution in [0.2, 0.25) is 4.34 Å². The topological polar surface area (TPSA) is 44.8 Å². The molecular formula is C18H24ClN3O2S. The first-order chi connectivity index (χ1) is 11.9. The summed E-state index contributed by atoms with van der Waals surface area (Å²) in [4.78, 5) is 17.2. The zero-order valence-corrected chi connectivity index (χ0v) is 16.5. The molecular weight excluding hydrogens is 358 g/mol. The molecule has 1 unspecified atom stereocenters. The van der Waals surface area contributed by atoms with Crippen molar-refractivity contribution in [3.8, 4) is 5.75 Å². The molecule has 1 atom stereocenters. The number of amides is 2. The van der Waals surface area contributed by atoms with Crippen molar-refractivity contribution < 1.29 is 9.53 Å². The zero-order valence-electron chi connectivity index (χ0n) is 15.0. The Balaban J connectivity index is 1.96. The van der Waals surface area contributed by atoms with E-state index in [0.29, 0.717) is 13.1 Å². The van der Waals surface area contributed by atoms with Gasteiger partial charge in [0.25, 0.3) is 0 Å². The Morgan fingerprint density at radius 3 is 2.64 bits per heavy atom. The number of methoxy groups -OCH3 is 1. The van der Waals surface area contributed by atoms with E-state index in [1.165, 1.54) is 11.3 Å². The monoisotopic (exact) mass is 381 g/mol. The predicted octanol–water partition coefficient (Wildman–Crippen LogP) is 3.85. The summed E-state index contributed by atoms with van der Waals surface area (Å²) in [5, 5.41) is 3.00. The summed E-state index contributed by atoms with van der Waals surface area (Å²) in [6.07, 6.45) is 0. The number of rotatable bonds is 7. The van der Waals surface area contributed by atoms with Crippen LogP contribution in [0.25, 0.3) is 0 Å². The summed E-state index contributed by atoms with van der Waals surface area (Å²) in [5.41, 5.74) is 1.09. The smallest absolute Gasteiger partial charge is 0.317 e. The van der Waals surface area contributed by atoms with Gasteiger partial charge in [-0.25, -0.2) is 4.79 Å². The maximum Gasteiger partial charge on any atom is 0.317 e. The molecule has 1 aromatic carbocycles. The number of halogens is 1. The Kier molecular flexibility index (Phi) is 7.11. The van der Waals surface area contributed by atoms with Gasteiger partial charge in [-0.1, -0.05) is 23.7 Å². The van der Waals surface area contributed by atoms with Crippen LogP contribution in [0.1, 0.15) is 16.5 Å². The van der Waals surface area contributed by atoms with E-state index in [1.54, 1.807) is 19.1 Å². The summed E-state index contributed by atoms with van der Waals surface area (Å²) in [5.74, 6) is 0.808. The van der Waals surface area contributed by atoms with Gasteiger partial charge in [-0.05, 0) is 43.9 Å². The normalized spacial score (nSPS) is 12.1. The molecule has 0 radical (unpaired) electrons. The molecule has 1 aromatic heterocycles. The second-order valence-corrected chi connectivity index (χ2v) is 7.80. The van der Waals surface area contributed by atoms with Crippen molar-refractivity contribution in [2.24, 2.45) is 0 Å². The van der Waals surface area contributed by atoms with Crippen molar-refractivity contribution in [3.63, 3.8) is 0 Å². The molecule has 1 heterocycles. The van der Waals surface area contributed by atoms with Crippen LogP contribution in [0.3, 0.4) is 0 Å². The first-order valence-electron chi connectivity index (χ1n) is 7.94. The Morgan fingerprint density at radius 2 is 2.04 bits per heavy atom. The summed E-state index contributed by atoms with van der Waals surface area (Å²) in [6.45, 7) is 1.05. The number of benzene rings is 1. The van der Waals surface area contributed by atoms with Crippen LogP contribution in [-0.2, 0) is 6.54 Å². The van der Waals surface area contributed by atoms with Crippen LogP contribution >= 0.6 is 22.9 Å². The fourth-order valence-electron chi connectivity index (χ4n) is 2.51. The lowest BCUT2D eigenvalue weighted by atomic mass is 10.1. The molecule has 0 aliphatic carbocycles. The number of hydrogen-bond acceptors (Lipinski definition) is 4. The van der Waals surface area contributed by atoms with Gasteiger partial charge in [0.15, 0.2) is 0 Å². The highest BCUT2D eigenvalue weighted by Crippen LogP contribution is 2.23. The summed E-state index contributed by atoms with van der Waals surface area (Å²) >= 11 is 7.42. The summed E-state index contributed by atoms with van der Waals surface area (Å²) in [7, 11) is 7.41.